The fourth-order valence-electron chi connectivity index (χ4n) is 4.20. The van der Waals surface area contributed by atoms with Crippen molar-refractivity contribution in [3.63, 3.8) is 0 Å². The molecule has 0 spiro atoms. The summed E-state index contributed by atoms with van der Waals surface area (Å²) < 4.78 is 0. The average molecular weight is 385 g/mol. The van der Waals surface area contributed by atoms with Crippen LogP contribution in [0.1, 0.15) is 12.8 Å². The molecule has 3 saturated heterocycles. The molecule has 0 saturated carbocycles. The van der Waals surface area contributed by atoms with Crippen LogP contribution in [0.4, 0.5) is 15.3 Å². The summed E-state index contributed by atoms with van der Waals surface area (Å²) in [5.74, 6) is -0.188. The normalized spacial score (nSPS) is 22.3. The van der Waals surface area contributed by atoms with Crippen LogP contribution in [0.5, 0.6) is 0 Å². The Kier molecular flexibility index (Phi) is 5.21. The summed E-state index contributed by atoms with van der Waals surface area (Å²) in [7, 11) is 2.07. The topological polar surface area (TPSA) is 67.4 Å². The Bertz CT molecular complexity index is 739. The van der Waals surface area contributed by atoms with Gasteiger partial charge in [-0.1, -0.05) is 18.2 Å². The smallest absolute Gasteiger partial charge is 0.324 e. The molecule has 3 heterocycles. The third-order valence-electron chi connectivity index (χ3n) is 5.96. The molecule has 5 amide bonds. The highest BCUT2D eigenvalue weighted by Crippen LogP contribution is 2.26. The minimum atomic E-state index is -0.250. The number of carbonyl (C=O) groups excluding carboxylic acids is 3. The van der Waals surface area contributed by atoms with E-state index in [1.807, 2.05) is 28.0 Å². The average Bonchev–Trinajstić information content (AvgIpc) is 3.03. The number of urea groups is 2. The van der Waals surface area contributed by atoms with Crippen LogP contribution in [-0.4, -0.2) is 96.5 Å². The Balaban J connectivity index is 1.34. The van der Waals surface area contributed by atoms with E-state index in [0.29, 0.717) is 31.6 Å². The van der Waals surface area contributed by atoms with Gasteiger partial charge in [0.25, 0.3) is 5.91 Å². The highest BCUT2D eigenvalue weighted by atomic mass is 16.2. The number of likely N-dealkylation sites (tertiary alicyclic amines) is 1. The number of amides is 5. The van der Waals surface area contributed by atoms with Crippen LogP contribution < -0.4 is 4.90 Å². The van der Waals surface area contributed by atoms with Crippen molar-refractivity contribution in [2.24, 2.45) is 0 Å². The van der Waals surface area contributed by atoms with E-state index in [0.717, 1.165) is 26.2 Å². The molecular weight excluding hydrogens is 358 g/mol. The fraction of sp³-hybridized carbons (Fsp3) is 0.550. The van der Waals surface area contributed by atoms with Gasteiger partial charge in [0.1, 0.15) is 6.54 Å². The molecule has 0 N–H and O–H groups in total. The summed E-state index contributed by atoms with van der Waals surface area (Å²) in [6, 6.07) is 8.90. The molecule has 4 rings (SSSR count). The summed E-state index contributed by atoms with van der Waals surface area (Å²) in [5, 5.41) is 0. The van der Waals surface area contributed by atoms with Gasteiger partial charge in [0.05, 0.1) is 5.69 Å². The van der Waals surface area contributed by atoms with Crippen LogP contribution in [0.3, 0.4) is 0 Å². The zero-order valence-corrected chi connectivity index (χ0v) is 16.3. The minimum Gasteiger partial charge on any atom is -0.324 e. The molecule has 1 aromatic carbocycles. The first kappa shape index (κ1) is 18.7. The van der Waals surface area contributed by atoms with E-state index in [9.17, 15) is 14.4 Å². The van der Waals surface area contributed by atoms with Gasteiger partial charge in [-0.25, -0.2) is 14.5 Å². The Morgan fingerprint density at radius 3 is 2.14 bits per heavy atom. The van der Waals surface area contributed by atoms with Gasteiger partial charge in [0.15, 0.2) is 0 Å². The number of rotatable bonds is 2. The van der Waals surface area contributed by atoms with Crippen molar-refractivity contribution >= 4 is 23.7 Å². The van der Waals surface area contributed by atoms with Crippen molar-refractivity contribution in [2.45, 2.75) is 18.9 Å². The van der Waals surface area contributed by atoms with Gasteiger partial charge in [-0.05, 0) is 32.0 Å². The number of hydrogen-bond donors (Lipinski definition) is 0. The van der Waals surface area contributed by atoms with Gasteiger partial charge < -0.3 is 19.6 Å². The van der Waals surface area contributed by atoms with E-state index in [1.54, 1.807) is 17.0 Å². The molecule has 8 heteroatoms. The first-order valence-corrected chi connectivity index (χ1v) is 9.95. The summed E-state index contributed by atoms with van der Waals surface area (Å²) >= 11 is 0. The SMILES string of the molecule is CN1CCN(C(=O)N2CCC(N3CC(=O)N(c4ccccc4)C3=O)CC2)CC1. The summed E-state index contributed by atoms with van der Waals surface area (Å²) in [5.41, 5.74) is 0.614. The number of nitrogens with zero attached hydrogens (tertiary/aromatic N) is 5. The molecule has 0 unspecified atom stereocenters. The number of carbonyl (C=O) groups is 3. The summed E-state index contributed by atoms with van der Waals surface area (Å²) in [6.45, 7) is 4.70. The molecule has 3 fully saturated rings. The highest BCUT2D eigenvalue weighted by Gasteiger charge is 2.42. The zero-order chi connectivity index (χ0) is 19.7. The molecule has 0 aliphatic carbocycles. The monoisotopic (exact) mass is 385 g/mol. The largest absolute Gasteiger partial charge is 0.332 e. The number of piperazine rings is 1. The van der Waals surface area contributed by atoms with Crippen LogP contribution in [0.15, 0.2) is 30.3 Å². The third kappa shape index (κ3) is 3.56. The first-order chi connectivity index (χ1) is 13.5. The first-order valence-electron chi connectivity index (χ1n) is 9.95. The summed E-state index contributed by atoms with van der Waals surface area (Å²) in [6.07, 6.45) is 1.42. The van der Waals surface area contributed by atoms with Crippen LogP contribution >= 0.6 is 0 Å². The lowest BCUT2D eigenvalue weighted by atomic mass is 10.0. The maximum absolute atomic E-state index is 12.8. The van der Waals surface area contributed by atoms with E-state index in [2.05, 4.69) is 11.9 Å². The van der Waals surface area contributed by atoms with E-state index >= 15 is 0 Å². The highest BCUT2D eigenvalue weighted by molar-refractivity contribution is 6.19. The Hall–Kier alpha value is -2.61. The fourth-order valence-corrected chi connectivity index (χ4v) is 4.20. The number of piperidine rings is 1. The number of anilines is 1. The standard InChI is InChI=1S/C20H27N5O3/c1-21-11-13-23(14-12-21)19(27)22-9-7-16(8-10-22)24-15-18(26)25(20(24)28)17-5-3-2-4-6-17/h2-6,16H,7-15H2,1H3. The third-order valence-corrected chi connectivity index (χ3v) is 5.96. The second-order valence-electron chi connectivity index (χ2n) is 7.77. The van der Waals surface area contributed by atoms with Gasteiger partial charge >= 0.3 is 12.1 Å². The lowest BCUT2D eigenvalue weighted by Gasteiger charge is -2.40. The Morgan fingerprint density at radius 2 is 1.50 bits per heavy atom. The maximum atomic E-state index is 12.8. The van der Waals surface area contributed by atoms with E-state index < -0.39 is 0 Å². The van der Waals surface area contributed by atoms with Crippen molar-refractivity contribution in [1.29, 1.82) is 0 Å². The van der Waals surface area contributed by atoms with Crippen LogP contribution in [0, 0.1) is 0 Å². The second kappa shape index (κ2) is 7.79. The Labute approximate surface area is 165 Å². The number of imide groups is 1. The number of benzene rings is 1. The van der Waals surface area contributed by atoms with Crippen molar-refractivity contribution in [3.8, 4) is 0 Å². The van der Waals surface area contributed by atoms with E-state index in [4.69, 9.17) is 0 Å². The molecule has 0 aromatic heterocycles. The van der Waals surface area contributed by atoms with Gasteiger partial charge in [-0.3, -0.25) is 4.79 Å². The van der Waals surface area contributed by atoms with Crippen LogP contribution in [-0.2, 0) is 4.79 Å². The summed E-state index contributed by atoms with van der Waals surface area (Å²) in [4.78, 5) is 47.0. The van der Waals surface area contributed by atoms with Crippen LogP contribution in [0.25, 0.3) is 0 Å². The molecule has 3 aliphatic rings. The lowest BCUT2D eigenvalue weighted by molar-refractivity contribution is -0.116. The zero-order valence-electron chi connectivity index (χ0n) is 16.3. The molecule has 1 aromatic rings. The van der Waals surface area contributed by atoms with Crippen molar-refractivity contribution in [1.82, 2.24) is 19.6 Å². The van der Waals surface area contributed by atoms with Gasteiger partial charge in [-0.15, -0.1) is 0 Å². The quantitative estimate of drug-likeness (QED) is 0.720. The molecule has 0 bridgehead atoms. The van der Waals surface area contributed by atoms with Crippen molar-refractivity contribution < 1.29 is 14.4 Å². The van der Waals surface area contributed by atoms with E-state index in [-0.39, 0.29) is 30.6 Å². The van der Waals surface area contributed by atoms with Gasteiger partial charge in [-0.2, -0.15) is 0 Å². The van der Waals surface area contributed by atoms with Crippen molar-refractivity contribution in [3.05, 3.63) is 30.3 Å². The predicted octanol–water partition coefficient (Wildman–Crippen LogP) is 1.29. The number of hydrogen-bond acceptors (Lipinski definition) is 4. The van der Waals surface area contributed by atoms with Crippen molar-refractivity contribution in [2.75, 3.05) is 57.8 Å². The molecule has 150 valence electrons. The maximum Gasteiger partial charge on any atom is 0.332 e. The van der Waals surface area contributed by atoms with Crippen LogP contribution in [0.2, 0.25) is 0 Å². The lowest BCUT2D eigenvalue weighted by Crippen LogP contribution is -2.55. The van der Waals surface area contributed by atoms with Gasteiger partial charge in [0, 0.05) is 45.3 Å². The predicted molar refractivity (Wildman–Crippen MR) is 105 cm³/mol. The minimum absolute atomic E-state index is 0.00158. The Morgan fingerprint density at radius 1 is 0.893 bits per heavy atom. The molecule has 28 heavy (non-hydrogen) atoms. The molecule has 0 radical (unpaired) electrons. The molecule has 0 atom stereocenters. The van der Waals surface area contributed by atoms with Gasteiger partial charge in [0.2, 0.25) is 0 Å². The van der Waals surface area contributed by atoms with E-state index in [1.165, 1.54) is 4.90 Å². The number of likely N-dealkylation sites (N-methyl/N-ethyl adjacent to an activating group) is 1. The second-order valence-corrected chi connectivity index (χ2v) is 7.77. The molecule has 8 nitrogen and oxygen atoms in total. The molecular formula is C20H27N5O3. The molecule has 3 aliphatic heterocycles. The number of para-hydroxylation sites is 1.